The second kappa shape index (κ2) is 26.7. The molecule has 4 heterocycles. The molecular formula is C66H83N7O12. The number of carbonyl (C=O) groups excluding carboxylic acids is 5. The maximum Gasteiger partial charge on any atom is 0.416 e. The van der Waals surface area contributed by atoms with E-state index >= 15 is 0 Å². The number of hydrogen-bond donors (Lipinski definition) is 4. The fourth-order valence-electron chi connectivity index (χ4n) is 13.0. The second-order valence-electron chi connectivity index (χ2n) is 24.2. The van der Waals surface area contributed by atoms with Crippen molar-refractivity contribution in [1.29, 1.82) is 0 Å². The fourth-order valence-corrected chi connectivity index (χ4v) is 13.0. The van der Waals surface area contributed by atoms with Crippen LogP contribution in [0.5, 0.6) is 23.0 Å². The third kappa shape index (κ3) is 13.7. The van der Waals surface area contributed by atoms with Crippen LogP contribution in [0.2, 0.25) is 0 Å². The summed E-state index contributed by atoms with van der Waals surface area (Å²) in [4.78, 5) is 77.9. The van der Waals surface area contributed by atoms with Gasteiger partial charge in [0.2, 0.25) is 11.8 Å². The minimum absolute atomic E-state index is 0.0256. The Labute approximate surface area is 498 Å². The standard InChI is InChI=1S/C66H83N7O12/c1-38(2)60(69-46-23-20-44(28-46)42(6)84-37-52-48-16-12-9-10-13-17-49(48)52)62(75)68-41(5)61(74)70-45-21-18-43(19-22-45)36-85-66(79)73-54-32-59(57(81-8)30-51(54)64(77)72-35-40(4)27-55(72)65(73)78)83-25-15-11-14-24-82-58-31-53-50(29-56(58)80-7)63(76)71-34-39(3)26-47(71)33-67-53/h9-10,18-19,21-22,29-35,38,41,44,46-49,52,55,60,65,69,78H,6,11-17,20,23-28,36-37H2,1-5,7-8H3,(H,68,75)(H,70,74)/b10-9-/t41-,44?,46?,47-,48-,49+,52?,55-,60-,65-/m0/s1. The van der Waals surface area contributed by atoms with Crippen LogP contribution in [-0.4, -0.2) is 121 Å². The first-order valence-electron chi connectivity index (χ1n) is 30.3. The zero-order valence-electron chi connectivity index (χ0n) is 50.1. The van der Waals surface area contributed by atoms with Crippen LogP contribution in [0.25, 0.3) is 0 Å². The molecule has 2 fully saturated rings. The van der Waals surface area contributed by atoms with Gasteiger partial charge in [-0.1, -0.05) is 55.9 Å². The van der Waals surface area contributed by atoms with E-state index in [4.69, 9.17) is 28.4 Å². The van der Waals surface area contributed by atoms with Gasteiger partial charge in [0.05, 0.1) is 80.4 Å². The summed E-state index contributed by atoms with van der Waals surface area (Å²) in [6, 6.07) is 11.1. The highest BCUT2D eigenvalue weighted by atomic mass is 16.6. The molecule has 3 unspecified atom stereocenters. The van der Waals surface area contributed by atoms with Gasteiger partial charge in [0.15, 0.2) is 29.2 Å². The molecule has 3 aromatic carbocycles. The van der Waals surface area contributed by atoms with Gasteiger partial charge in [-0.05, 0) is 151 Å². The number of methoxy groups -OCH3 is 2. The first-order valence-corrected chi connectivity index (χ1v) is 30.3. The number of fused-ring (bicyclic) bond motifs is 5. The highest BCUT2D eigenvalue weighted by Gasteiger charge is 2.49. The molecule has 0 radical (unpaired) electrons. The number of unbranched alkanes of at least 4 members (excludes halogenated alkanes) is 2. The van der Waals surface area contributed by atoms with Gasteiger partial charge in [0.25, 0.3) is 11.8 Å². The van der Waals surface area contributed by atoms with Crippen molar-refractivity contribution in [2.24, 2.45) is 34.6 Å². The Bertz CT molecular complexity index is 3120. The largest absolute Gasteiger partial charge is 0.498 e. The number of anilines is 2. The van der Waals surface area contributed by atoms with Gasteiger partial charge in [0, 0.05) is 48.4 Å². The summed E-state index contributed by atoms with van der Waals surface area (Å²) in [5.41, 5.74) is 4.22. The molecular weight excluding hydrogens is 1080 g/mol. The van der Waals surface area contributed by atoms with Crippen molar-refractivity contribution < 1.29 is 57.5 Å². The molecule has 5 amide bonds. The predicted octanol–water partition coefficient (Wildman–Crippen LogP) is 10.5. The number of rotatable bonds is 23. The summed E-state index contributed by atoms with van der Waals surface area (Å²) >= 11 is 0. The third-order valence-corrected chi connectivity index (χ3v) is 17.8. The molecule has 85 heavy (non-hydrogen) atoms. The number of aliphatic hydroxyl groups excluding tert-OH is 1. The van der Waals surface area contributed by atoms with Crippen LogP contribution in [-0.2, 0) is 25.7 Å². The van der Waals surface area contributed by atoms with Gasteiger partial charge < -0.3 is 59.3 Å². The fraction of sp³-hybridized carbons (Fsp3) is 0.515. The van der Waals surface area contributed by atoms with Gasteiger partial charge in [-0.2, -0.15) is 0 Å². The molecule has 19 nitrogen and oxygen atoms in total. The lowest BCUT2D eigenvalue weighted by molar-refractivity contribution is -0.128. The van der Waals surface area contributed by atoms with Crippen molar-refractivity contribution in [1.82, 2.24) is 20.4 Å². The van der Waals surface area contributed by atoms with E-state index in [0.717, 1.165) is 78.8 Å². The zero-order chi connectivity index (χ0) is 60.1. The number of aliphatic imine (C=N–C) groups is 1. The average Bonchev–Trinajstić information content (AvgIpc) is 2.77. The topological polar surface area (TPSA) is 219 Å². The van der Waals surface area contributed by atoms with Crippen molar-refractivity contribution in [3.63, 3.8) is 0 Å². The van der Waals surface area contributed by atoms with E-state index in [1.807, 2.05) is 33.9 Å². The van der Waals surface area contributed by atoms with E-state index in [1.165, 1.54) is 44.1 Å². The minimum Gasteiger partial charge on any atom is -0.498 e. The van der Waals surface area contributed by atoms with E-state index in [-0.39, 0.29) is 71.7 Å². The Morgan fingerprint density at radius 1 is 0.765 bits per heavy atom. The molecule has 454 valence electrons. The Kier molecular flexibility index (Phi) is 19.0. The zero-order valence-corrected chi connectivity index (χ0v) is 50.1. The number of nitrogens with one attached hydrogen (secondary N) is 3. The Balaban J connectivity index is 0.702. The Hall–Kier alpha value is -7.64. The molecule has 0 aromatic heterocycles. The molecule has 4 aliphatic heterocycles. The van der Waals surface area contributed by atoms with Crippen LogP contribution in [0.1, 0.15) is 138 Å². The molecule has 10 rings (SSSR count). The van der Waals surface area contributed by atoms with Gasteiger partial charge in [0.1, 0.15) is 12.6 Å². The minimum atomic E-state index is -1.49. The first kappa shape index (κ1) is 60.5. The molecule has 2 saturated carbocycles. The lowest BCUT2D eigenvalue weighted by Gasteiger charge is -2.31. The summed E-state index contributed by atoms with van der Waals surface area (Å²) in [6.45, 7) is 15.0. The molecule has 7 aliphatic rings. The number of ether oxygens (including phenoxy) is 6. The van der Waals surface area contributed by atoms with Crippen LogP contribution in [0, 0.1) is 29.6 Å². The predicted molar refractivity (Wildman–Crippen MR) is 323 cm³/mol. The van der Waals surface area contributed by atoms with Crippen molar-refractivity contribution in [2.45, 2.75) is 155 Å². The summed E-state index contributed by atoms with van der Waals surface area (Å²) in [7, 11) is 3.00. The quantitative estimate of drug-likeness (QED) is 0.0395. The van der Waals surface area contributed by atoms with E-state index in [2.05, 4.69) is 39.7 Å². The summed E-state index contributed by atoms with van der Waals surface area (Å²) < 4.78 is 35.9. The number of hydrogen-bond acceptors (Lipinski definition) is 14. The van der Waals surface area contributed by atoms with Gasteiger partial charge in [-0.15, -0.1) is 0 Å². The summed E-state index contributed by atoms with van der Waals surface area (Å²) in [5, 5.41) is 21.4. The molecule has 19 heteroatoms. The van der Waals surface area contributed by atoms with Crippen molar-refractivity contribution >= 4 is 53.0 Å². The van der Waals surface area contributed by atoms with Crippen LogP contribution in [0.15, 0.2) is 102 Å². The monoisotopic (exact) mass is 1170 g/mol. The molecule has 0 saturated heterocycles. The summed E-state index contributed by atoms with van der Waals surface area (Å²) in [6.07, 6.45) is 18.2. The van der Waals surface area contributed by atoms with Crippen molar-refractivity contribution in [3.8, 4) is 23.0 Å². The van der Waals surface area contributed by atoms with Crippen LogP contribution in [0.3, 0.4) is 0 Å². The van der Waals surface area contributed by atoms with Crippen molar-refractivity contribution in [2.75, 3.05) is 44.3 Å². The number of allylic oxidation sites excluding steroid dienone is 3. The smallest absolute Gasteiger partial charge is 0.416 e. The highest BCUT2D eigenvalue weighted by molar-refractivity contribution is 6.07. The van der Waals surface area contributed by atoms with Gasteiger partial charge in [-0.25, -0.2) is 9.69 Å². The summed E-state index contributed by atoms with van der Waals surface area (Å²) in [5.74, 6) is 3.49. The molecule has 4 N–H and O–H groups in total. The highest BCUT2D eigenvalue weighted by Crippen LogP contribution is 2.53. The average molecular weight is 1170 g/mol. The Morgan fingerprint density at radius 3 is 2.09 bits per heavy atom. The molecule has 0 bridgehead atoms. The molecule has 3 aliphatic carbocycles. The number of amides is 5. The van der Waals surface area contributed by atoms with Crippen molar-refractivity contribution in [3.05, 3.63) is 113 Å². The van der Waals surface area contributed by atoms with E-state index in [9.17, 15) is 29.1 Å². The number of nitrogens with zero attached hydrogens (tertiary/aromatic N) is 4. The number of aliphatic hydroxyl groups is 1. The third-order valence-electron chi connectivity index (χ3n) is 17.8. The van der Waals surface area contributed by atoms with Gasteiger partial charge in [-0.3, -0.25) is 24.2 Å². The lowest BCUT2D eigenvalue weighted by atomic mass is 10.0. The van der Waals surface area contributed by atoms with Crippen LogP contribution >= 0.6 is 0 Å². The number of benzene rings is 3. The molecule has 3 aromatic rings. The molecule has 0 spiro atoms. The maximum absolute atomic E-state index is 14.3. The first-order chi connectivity index (χ1) is 41.0. The Morgan fingerprint density at radius 2 is 1.41 bits per heavy atom. The van der Waals surface area contributed by atoms with E-state index < -0.39 is 42.3 Å². The maximum atomic E-state index is 14.3. The van der Waals surface area contributed by atoms with Crippen LogP contribution in [0.4, 0.5) is 21.9 Å². The van der Waals surface area contributed by atoms with Crippen LogP contribution < -0.4 is 39.8 Å². The molecule has 10 atom stereocenters. The normalized spacial score (nSPS) is 24.8. The van der Waals surface area contributed by atoms with E-state index in [1.54, 1.807) is 60.6 Å². The second-order valence-corrected chi connectivity index (χ2v) is 24.2. The van der Waals surface area contributed by atoms with E-state index in [0.29, 0.717) is 72.2 Å². The SMILES string of the molecule is C=C(OCC1[C@H]2CC/C=C\CC[C@@H]12)C1CCC(N[C@H](C(=O)N[C@@H](C)C(=O)Nc2ccc(COC(=O)N3c4cc(OCCCCCOc5cc6c(cc5OC)C(=O)N5C=C(C)C[C@H]5C=N6)c(OC)cc4C(=O)N4C=C(C)C[C@H]4[C@@H]3O)cc2)C(C)C)C1. The van der Waals surface area contributed by atoms with Gasteiger partial charge >= 0.3 is 6.09 Å². The number of carbonyl (C=O) groups is 5. The lowest BCUT2D eigenvalue weighted by Crippen LogP contribution is -2.54.